The summed E-state index contributed by atoms with van der Waals surface area (Å²) < 4.78 is 22.2. The van der Waals surface area contributed by atoms with Crippen LogP contribution in [0.5, 0.6) is 23.0 Å². The molecular weight excluding hydrogens is 677 g/mol. The van der Waals surface area contributed by atoms with Gasteiger partial charge in [0.1, 0.15) is 5.75 Å². The van der Waals surface area contributed by atoms with Gasteiger partial charge in [0.2, 0.25) is 5.75 Å². The van der Waals surface area contributed by atoms with Crippen LogP contribution >= 0.6 is 39.1 Å². The summed E-state index contributed by atoms with van der Waals surface area (Å²) in [6.07, 6.45) is 1.34. The topological polar surface area (TPSA) is 125 Å². The fourth-order valence-electron chi connectivity index (χ4n) is 3.87. The Hall–Kier alpha value is -4.58. The minimum atomic E-state index is -0.684. The Morgan fingerprint density at radius 2 is 1.45 bits per heavy atom. The fourth-order valence-corrected chi connectivity index (χ4v) is 4.75. The van der Waals surface area contributed by atoms with Crippen molar-refractivity contribution in [2.45, 2.75) is 0 Å². The lowest BCUT2D eigenvalue weighted by atomic mass is 10.1. The molecule has 0 saturated heterocycles. The summed E-state index contributed by atoms with van der Waals surface area (Å²) in [7, 11) is 4.34. The number of anilines is 1. The Bertz CT molecular complexity index is 1720. The average molecular weight is 701 g/mol. The zero-order valence-electron chi connectivity index (χ0n) is 23.4. The summed E-state index contributed by atoms with van der Waals surface area (Å²) in [5.41, 5.74) is 3.99. The number of methoxy groups -OCH3 is 3. The third-order valence-electron chi connectivity index (χ3n) is 6.03. The minimum Gasteiger partial charge on any atom is -0.493 e. The van der Waals surface area contributed by atoms with E-state index in [1.807, 2.05) is 0 Å². The molecule has 0 spiro atoms. The molecule has 0 bridgehead atoms. The van der Waals surface area contributed by atoms with Gasteiger partial charge in [-0.25, -0.2) is 10.2 Å². The molecule has 4 aromatic carbocycles. The van der Waals surface area contributed by atoms with Crippen LogP contribution in [0.4, 0.5) is 5.69 Å². The highest BCUT2D eigenvalue weighted by Crippen LogP contribution is 2.38. The average Bonchev–Trinajstić information content (AvgIpc) is 3.01. The van der Waals surface area contributed by atoms with Crippen molar-refractivity contribution in [2.24, 2.45) is 5.10 Å². The smallest absolute Gasteiger partial charge is 0.343 e. The zero-order chi connectivity index (χ0) is 31.8. The molecule has 2 N–H and O–H groups in total. The molecule has 10 nitrogen and oxygen atoms in total. The van der Waals surface area contributed by atoms with Crippen LogP contribution in [0.15, 0.2) is 82.4 Å². The van der Waals surface area contributed by atoms with E-state index in [-0.39, 0.29) is 27.5 Å². The van der Waals surface area contributed by atoms with Crippen LogP contribution in [-0.2, 0) is 0 Å². The molecular formula is C31H24BrCl2N3O7. The van der Waals surface area contributed by atoms with Crippen molar-refractivity contribution in [2.75, 3.05) is 26.6 Å². The fraction of sp³-hybridized carbons (Fsp3) is 0.0968. The van der Waals surface area contributed by atoms with Gasteiger partial charge in [0, 0.05) is 26.3 Å². The molecule has 0 fully saturated rings. The number of esters is 1. The monoisotopic (exact) mass is 699 g/mol. The number of nitrogens with one attached hydrogen (secondary N) is 2. The molecule has 0 atom stereocenters. The molecule has 0 saturated carbocycles. The molecule has 0 aliphatic rings. The van der Waals surface area contributed by atoms with Gasteiger partial charge in [-0.2, -0.15) is 5.10 Å². The maximum atomic E-state index is 13.0. The number of hydrogen-bond acceptors (Lipinski definition) is 8. The van der Waals surface area contributed by atoms with Crippen LogP contribution in [-0.4, -0.2) is 45.3 Å². The Morgan fingerprint density at radius 1 is 0.773 bits per heavy atom. The van der Waals surface area contributed by atoms with E-state index in [0.29, 0.717) is 38.0 Å². The van der Waals surface area contributed by atoms with Gasteiger partial charge < -0.3 is 24.3 Å². The number of carbonyl (C=O) groups excluding carboxylic acids is 3. The van der Waals surface area contributed by atoms with Crippen molar-refractivity contribution < 1.29 is 33.3 Å². The number of hydrogen-bond donors (Lipinski definition) is 2. The quantitative estimate of drug-likeness (QED) is 0.0789. The van der Waals surface area contributed by atoms with Crippen LogP contribution in [0.1, 0.15) is 36.6 Å². The summed E-state index contributed by atoms with van der Waals surface area (Å²) in [6.45, 7) is 0. The van der Waals surface area contributed by atoms with Crippen molar-refractivity contribution >= 4 is 68.8 Å². The molecule has 2 amide bonds. The molecule has 0 aromatic heterocycles. The lowest BCUT2D eigenvalue weighted by Crippen LogP contribution is -2.18. The Kier molecular flexibility index (Phi) is 10.8. The van der Waals surface area contributed by atoms with E-state index in [1.165, 1.54) is 63.9 Å². The van der Waals surface area contributed by atoms with Crippen LogP contribution in [0.3, 0.4) is 0 Å². The summed E-state index contributed by atoms with van der Waals surface area (Å²) >= 11 is 15.4. The first-order chi connectivity index (χ1) is 21.1. The first-order valence-corrected chi connectivity index (χ1v) is 14.2. The third-order valence-corrected chi connectivity index (χ3v) is 7.07. The lowest BCUT2D eigenvalue weighted by Gasteiger charge is -2.14. The summed E-state index contributed by atoms with van der Waals surface area (Å²) in [4.78, 5) is 38.2. The van der Waals surface area contributed by atoms with Crippen LogP contribution in [0, 0.1) is 0 Å². The van der Waals surface area contributed by atoms with Crippen molar-refractivity contribution in [1.82, 2.24) is 5.43 Å². The predicted octanol–water partition coefficient (Wildman–Crippen LogP) is 7.02. The number of benzene rings is 4. The standard InChI is InChI=1S/C31H24BrCl2N3O7/c1-41-26-13-18(14-27(42-2)28(26)43-3)31(40)44-25-11-6-20(32)12-19(25)16-35-37-29(38)17-4-8-22(9-5-17)36-30(39)23-10-7-21(33)15-24(23)34/h4-16H,1-3H3,(H,36,39)(H,37,38)/b35-16-. The highest BCUT2D eigenvalue weighted by atomic mass is 79.9. The molecule has 44 heavy (non-hydrogen) atoms. The second-order valence-corrected chi connectivity index (χ2v) is 10.6. The van der Waals surface area contributed by atoms with Gasteiger partial charge >= 0.3 is 5.97 Å². The molecule has 4 rings (SSSR count). The van der Waals surface area contributed by atoms with Gasteiger partial charge in [0.15, 0.2) is 11.5 Å². The molecule has 0 aliphatic carbocycles. The predicted molar refractivity (Wildman–Crippen MR) is 171 cm³/mol. The van der Waals surface area contributed by atoms with E-state index in [9.17, 15) is 14.4 Å². The molecule has 0 radical (unpaired) electrons. The van der Waals surface area contributed by atoms with Gasteiger partial charge in [-0.15, -0.1) is 0 Å². The first-order valence-electron chi connectivity index (χ1n) is 12.6. The Morgan fingerprint density at radius 3 is 2.07 bits per heavy atom. The van der Waals surface area contributed by atoms with Gasteiger partial charge in [-0.3, -0.25) is 9.59 Å². The van der Waals surface area contributed by atoms with E-state index in [1.54, 1.807) is 36.4 Å². The van der Waals surface area contributed by atoms with Crippen LogP contribution < -0.4 is 29.7 Å². The van der Waals surface area contributed by atoms with E-state index in [2.05, 4.69) is 31.8 Å². The maximum absolute atomic E-state index is 13.0. The molecule has 0 unspecified atom stereocenters. The number of rotatable bonds is 10. The number of nitrogens with zero attached hydrogens (tertiary/aromatic N) is 1. The van der Waals surface area contributed by atoms with Gasteiger partial charge in [0.25, 0.3) is 11.8 Å². The summed E-state index contributed by atoms with van der Waals surface area (Å²) in [6, 6.07) is 18.6. The highest BCUT2D eigenvalue weighted by molar-refractivity contribution is 9.10. The number of hydrazone groups is 1. The van der Waals surface area contributed by atoms with E-state index >= 15 is 0 Å². The number of ether oxygens (including phenoxy) is 4. The van der Waals surface area contributed by atoms with Crippen molar-refractivity contribution in [1.29, 1.82) is 0 Å². The van der Waals surface area contributed by atoms with E-state index in [4.69, 9.17) is 42.1 Å². The lowest BCUT2D eigenvalue weighted by molar-refractivity contribution is 0.0733. The van der Waals surface area contributed by atoms with Crippen LogP contribution in [0.25, 0.3) is 0 Å². The van der Waals surface area contributed by atoms with E-state index in [0.717, 1.165) is 0 Å². The largest absolute Gasteiger partial charge is 0.493 e. The van der Waals surface area contributed by atoms with Gasteiger partial charge in [-0.1, -0.05) is 39.1 Å². The molecule has 226 valence electrons. The normalized spacial score (nSPS) is 10.7. The SMILES string of the molecule is COc1cc(C(=O)Oc2ccc(Br)cc2/C=N\NC(=O)c2ccc(NC(=O)c3ccc(Cl)cc3Cl)cc2)cc(OC)c1OC. The van der Waals surface area contributed by atoms with Crippen molar-refractivity contribution in [3.05, 3.63) is 110 Å². The van der Waals surface area contributed by atoms with Gasteiger partial charge in [-0.05, 0) is 72.8 Å². The Labute approximate surface area is 271 Å². The van der Waals surface area contributed by atoms with Gasteiger partial charge in [0.05, 0.1) is 43.7 Å². The minimum absolute atomic E-state index is 0.162. The number of carbonyl (C=O) groups is 3. The maximum Gasteiger partial charge on any atom is 0.343 e. The number of halogens is 3. The Balaban J connectivity index is 1.43. The summed E-state index contributed by atoms with van der Waals surface area (Å²) in [5.74, 6) is -0.515. The molecule has 0 aliphatic heterocycles. The number of amides is 2. The molecule has 4 aromatic rings. The van der Waals surface area contributed by atoms with E-state index < -0.39 is 17.8 Å². The molecule has 0 heterocycles. The first kappa shape index (κ1) is 32.3. The second kappa shape index (κ2) is 14.7. The second-order valence-electron chi connectivity index (χ2n) is 8.84. The van der Waals surface area contributed by atoms with Crippen LogP contribution in [0.2, 0.25) is 10.0 Å². The van der Waals surface area contributed by atoms with Crippen molar-refractivity contribution in [3.8, 4) is 23.0 Å². The third kappa shape index (κ3) is 7.87. The summed E-state index contributed by atoms with van der Waals surface area (Å²) in [5, 5.41) is 7.36. The van der Waals surface area contributed by atoms with Crippen molar-refractivity contribution in [3.63, 3.8) is 0 Å². The zero-order valence-corrected chi connectivity index (χ0v) is 26.5. The molecule has 13 heteroatoms. The highest BCUT2D eigenvalue weighted by Gasteiger charge is 2.19.